The smallest absolute Gasteiger partial charge is 0.146 e. The van der Waals surface area contributed by atoms with Crippen LogP contribution in [0.3, 0.4) is 0 Å². The third kappa shape index (κ3) is 7.83. The molecule has 16 heavy (non-hydrogen) atoms. The van der Waals surface area contributed by atoms with Crippen molar-refractivity contribution >= 4 is 5.78 Å². The van der Waals surface area contributed by atoms with Crippen LogP contribution in [0, 0.1) is 11.8 Å². The van der Waals surface area contributed by atoms with E-state index in [2.05, 4.69) is 33.0 Å². The van der Waals surface area contributed by atoms with Crippen LogP contribution >= 0.6 is 0 Å². The molecule has 0 aliphatic heterocycles. The lowest BCUT2D eigenvalue weighted by atomic mass is 9.99. The third-order valence-corrected chi connectivity index (χ3v) is 2.60. The highest BCUT2D eigenvalue weighted by atomic mass is 16.1. The molecular weight excluding hydrogens is 200 g/mol. The number of nitrogens with two attached hydrogens (primary N) is 1. The monoisotopic (exact) mass is 228 g/mol. The van der Waals surface area contributed by atoms with Gasteiger partial charge in [0.1, 0.15) is 5.78 Å². The molecule has 0 saturated heterocycles. The summed E-state index contributed by atoms with van der Waals surface area (Å²) in [4.78, 5) is 11.4. The molecule has 0 rings (SSSR count). The molecule has 0 aromatic carbocycles. The average molecular weight is 228 g/mol. The van der Waals surface area contributed by atoms with Crippen LogP contribution in [0.4, 0.5) is 0 Å². The van der Waals surface area contributed by atoms with Gasteiger partial charge in [-0.05, 0) is 31.6 Å². The lowest BCUT2D eigenvalue weighted by molar-refractivity contribution is -0.119. The van der Waals surface area contributed by atoms with E-state index in [-0.39, 0.29) is 17.9 Å². The van der Waals surface area contributed by atoms with Crippen molar-refractivity contribution in [3.63, 3.8) is 0 Å². The van der Waals surface area contributed by atoms with Crippen LogP contribution in [0.1, 0.15) is 47.5 Å². The van der Waals surface area contributed by atoms with E-state index in [0.717, 1.165) is 19.4 Å². The minimum Gasteiger partial charge on any atom is -0.327 e. The van der Waals surface area contributed by atoms with E-state index in [1.165, 1.54) is 0 Å². The van der Waals surface area contributed by atoms with Crippen molar-refractivity contribution in [2.45, 2.75) is 59.5 Å². The Kier molecular flexibility index (Phi) is 7.60. The Morgan fingerprint density at radius 1 is 1.12 bits per heavy atom. The molecule has 0 radical (unpaired) electrons. The van der Waals surface area contributed by atoms with Gasteiger partial charge in [-0.3, -0.25) is 4.79 Å². The number of carbonyl (C=O) groups is 1. The van der Waals surface area contributed by atoms with Gasteiger partial charge in [-0.25, -0.2) is 0 Å². The van der Waals surface area contributed by atoms with Gasteiger partial charge in [0, 0.05) is 12.6 Å². The molecule has 3 N–H and O–H groups in total. The van der Waals surface area contributed by atoms with Crippen LogP contribution in [-0.4, -0.2) is 24.4 Å². The van der Waals surface area contributed by atoms with Gasteiger partial charge in [0.05, 0.1) is 6.04 Å². The maximum absolute atomic E-state index is 11.4. The van der Waals surface area contributed by atoms with Crippen molar-refractivity contribution < 1.29 is 4.79 Å². The molecule has 0 aliphatic carbocycles. The fraction of sp³-hybridized carbons (Fsp3) is 0.923. The summed E-state index contributed by atoms with van der Waals surface area (Å²) in [6.07, 6.45) is 1.89. The second kappa shape index (κ2) is 7.80. The minimum atomic E-state index is -0.0294. The fourth-order valence-electron chi connectivity index (χ4n) is 1.85. The zero-order chi connectivity index (χ0) is 12.7. The largest absolute Gasteiger partial charge is 0.327 e. The summed E-state index contributed by atoms with van der Waals surface area (Å²) in [6, 6.07) is 0.118. The number of hydrogen-bond donors (Lipinski definition) is 2. The molecule has 3 heteroatoms. The fourth-order valence-corrected chi connectivity index (χ4v) is 1.85. The van der Waals surface area contributed by atoms with Crippen molar-refractivity contribution in [2.24, 2.45) is 17.6 Å². The summed E-state index contributed by atoms with van der Waals surface area (Å²) in [7, 11) is 0. The zero-order valence-corrected chi connectivity index (χ0v) is 11.4. The summed E-state index contributed by atoms with van der Waals surface area (Å²) >= 11 is 0. The van der Waals surface area contributed by atoms with E-state index in [4.69, 9.17) is 5.73 Å². The summed E-state index contributed by atoms with van der Waals surface area (Å²) in [5, 5.41) is 3.28. The van der Waals surface area contributed by atoms with Crippen LogP contribution in [0.15, 0.2) is 0 Å². The molecule has 0 spiro atoms. The van der Waals surface area contributed by atoms with Gasteiger partial charge in [-0.15, -0.1) is 0 Å². The number of rotatable bonds is 8. The molecule has 0 bridgehead atoms. The van der Waals surface area contributed by atoms with Crippen molar-refractivity contribution in [1.29, 1.82) is 0 Å². The first-order valence-electron chi connectivity index (χ1n) is 6.32. The lowest BCUT2D eigenvalue weighted by Crippen LogP contribution is -2.43. The predicted molar refractivity (Wildman–Crippen MR) is 69.4 cm³/mol. The first kappa shape index (κ1) is 15.6. The van der Waals surface area contributed by atoms with Gasteiger partial charge < -0.3 is 11.1 Å². The normalized spacial score (nSPS) is 15.5. The molecule has 96 valence electrons. The molecule has 3 nitrogen and oxygen atoms in total. The van der Waals surface area contributed by atoms with E-state index < -0.39 is 0 Å². The summed E-state index contributed by atoms with van der Waals surface area (Å²) in [5.74, 6) is 1.35. The maximum atomic E-state index is 11.4. The molecule has 0 heterocycles. The predicted octanol–water partition coefficient (Wildman–Crippen LogP) is 1.95. The van der Waals surface area contributed by atoms with Crippen LogP contribution in [0.5, 0.6) is 0 Å². The number of Topliss-reactive ketones (excluding diaryl/α,β-unsaturated/α-hetero) is 1. The van der Waals surface area contributed by atoms with Crippen molar-refractivity contribution in [3.05, 3.63) is 0 Å². The van der Waals surface area contributed by atoms with Crippen LogP contribution in [0.25, 0.3) is 0 Å². The van der Waals surface area contributed by atoms with E-state index >= 15 is 0 Å². The first-order chi connectivity index (χ1) is 7.32. The van der Waals surface area contributed by atoms with E-state index in [0.29, 0.717) is 11.8 Å². The Bertz CT molecular complexity index is 202. The van der Waals surface area contributed by atoms with E-state index in [9.17, 15) is 4.79 Å². The Morgan fingerprint density at radius 3 is 2.00 bits per heavy atom. The summed E-state index contributed by atoms with van der Waals surface area (Å²) < 4.78 is 0. The topological polar surface area (TPSA) is 55.1 Å². The third-order valence-electron chi connectivity index (χ3n) is 2.60. The zero-order valence-electron chi connectivity index (χ0n) is 11.4. The molecule has 0 fully saturated rings. The van der Waals surface area contributed by atoms with Crippen molar-refractivity contribution in [1.82, 2.24) is 5.32 Å². The number of ketones is 1. The number of nitrogens with one attached hydrogen (secondary N) is 1. The Labute approximate surface area is 100 Å². The van der Waals surface area contributed by atoms with Crippen LogP contribution < -0.4 is 11.1 Å². The quantitative estimate of drug-likeness (QED) is 0.667. The highest BCUT2D eigenvalue weighted by Gasteiger charge is 2.16. The van der Waals surface area contributed by atoms with Gasteiger partial charge in [0.2, 0.25) is 0 Å². The molecule has 0 aliphatic rings. The van der Waals surface area contributed by atoms with E-state index in [1.54, 1.807) is 6.92 Å². The van der Waals surface area contributed by atoms with Gasteiger partial charge in [-0.1, -0.05) is 27.7 Å². The number of carbonyl (C=O) groups excluding carboxylic acids is 1. The molecule has 0 unspecified atom stereocenters. The van der Waals surface area contributed by atoms with E-state index in [1.807, 2.05) is 0 Å². The van der Waals surface area contributed by atoms with Crippen LogP contribution in [-0.2, 0) is 4.79 Å². The highest BCUT2D eigenvalue weighted by molar-refractivity contribution is 5.81. The average Bonchev–Trinajstić information content (AvgIpc) is 2.09. The number of hydrogen-bond acceptors (Lipinski definition) is 3. The van der Waals surface area contributed by atoms with Crippen molar-refractivity contribution in [2.75, 3.05) is 6.54 Å². The molecule has 0 aromatic heterocycles. The molecular formula is C13H28N2O. The maximum Gasteiger partial charge on any atom is 0.146 e. The summed E-state index contributed by atoms with van der Waals surface area (Å²) in [5.41, 5.74) is 5.98. The Morgan fingerprint density at radius 2 is 1.62 bits per heavy atom. The molecule has 0 amide bonds. The molecule has 0 aromatic rings. The van der Waals surface area contributed by atoms with Gasteiger partial charge in [0.25, 0.3) is 0 Å². The van der Waals surface area contributed by atoms with Gasteiger partial charge >= 0.3 is 0 Å². The molecule has 0 saturated carbocycles. The van der Waals surface area contributed by atoms with Gasteiger partial charge in [0.15, 0.2) is 0 Å². The standard InChI is InChI=1S/C13H28N2O/c1-9(2)6-12(14)8-15-13(11(5)16)7-10(3)4/h9-10,12-13,15H,6-8,14H2,1-5H3/t12-,13+/m1/s1. The van der Waals surface area contributed by atoms with Gasteiger partial charge in [-0.2, -0.15) is 0 Å². The second-order valence-electron chi connectivity index (χ2n) is 5.59. The lowest BCUT2D eigenvalue weighted by Gasteiger charge is -2.21. The Balaban J connectivity index is 3.97. The minimum absolute atomic E-state index is 0.0294. The first-order valence-corrected chi connectivity index (χ1v) is 6.32. The molecule has 2 atom stereocenters. The summed E-state index contributed by atoms with van der Waals surface area (Å²) in [6.45, 7) is 11.0. The van der Waals surface area contributed by atoms with Crippen LogP contribution in [0.2, 0.25) is 0 Å². The SMILES string of the molecule is CC(=O)[C@H](CC(C)C)NC[C@H](N)CC(C)C. The second-order valence-corrected chi connectivity index (χ2v) is 5.59. The highest BCUT2D eigenvalue weighted by Crippen LogP contribution is 2.07. The Hall–Kier alpha value is -0.410. The van der Waals surface area contributed by atoms with Crippen molar-refractivity contribution in [3.8, 4) is 0 Å².